The summed E-state index contributed by atoms with van der Waals surface area (Å²) >= 11 is 1.88. The molecular weight excluding hydrogens is 310 g/mol. The second kappa shape index (κ2) is 6.19. The predicted octanol–water partition coefficient (Wildman–Crippen LogP) is 2.66. The fraction of sp³-hybridized carbons (Fsp3) is 0.529. The van der Waals surface area contributed by atoms with E-state index in [1.807, 2.05) is 11.3 Å². The van der Waals surface area contributed by atoms with E-state index in [4.69, 9.17) is 9.47 Å². The van der Waals surface area contributed by atoms with Crippen molar-refractivity contribution >= 4 is 11.3 Å². The van der Waals surface area contributed by atoms with Gasteiger partial charge in [-0.25, -0.2) is 4.98 Å². The molecule has 1 atom stereocenters. The Bertz CT molecular complexity index is 655. The second-order valence-electron chi connectivity index (χ2n) is 6.47. The zero-order valence-corrected chi connectivity index (χ0v) is 14.1. The molecule has 2 aliphatic heterocycles. The number of hydrogen-bond acceptors (Lipinski definition) is 6. The van der Waals surface area contributed by atoms with Crippen LogP contribution >= 0.6 is 11.3 Å². The largest absolute Gasteiger partial charge is 0.473 e. The first-order valence-corrected chi connectivity index (χ1v) is 8.87. The van der Waals surface area contributed by atoms with Crippen LogP contribution in [0.15, 0.2) is 30.7 Å². The molecule has 0 unspecified atom stereocenters. The number of aryl methyl sites for hydroxylation is 1. The van der Waals surface area contributed by atoms with Crippen LogP contribution in [0.5, 0.6) is 5.88 Å². The van der Waals surface area contributed by atoms with Crippen LogP contribution in [0.25, 0.3) is 0 Å². The van der Waals surface area contributed by atoms with Gasteiger partial charge in [0, 0.05) is 54.6 Å². The lowest BCUT2D eigenvalue weighted by Gasteiger charge is -2.53. The normalized spacial score (nSPS) is 23.6. The van der Waals surface area contributed by atoms with Gasteiger partial charge in [-0.1, -0.05) is 0 Å². The molecule has 4 rings (SSSR count). The van der Waals surface area contributed by atoms with E-state index < -0.39 is 0 Å². The number of ether oxygens (including phenoxy) is 2. The van der Waals surface area contributed by atoms with E-state index in [-0.39, 0.29) is 11.7 Å². The summed E-state index contributed by atoms with van der Waals surface area (Å²) in [5.74, 6) is 0.611. The van der Waals surface area contributed by atoms with Crippen molar-refractivity contribution in [3.63, 3.8) is 0 Å². The molecule has 6 heteroatoms. The topological polar surface area (TPSA) is 47.5 Å². The molecule has 0 bridgehead atoms. The van der Waals surface area contributed by atoms with E-state index in [1.165, 1.54) is 9.75 Å². The van der Waals surface area contributed by atoms with Gasteiger partial charge in [0.25, 0.3) is 0 Å². The van der Waals surface area contributed by atoms with Crippen molar-refractivity contribution in [1.82, 2.24) is 14.9 Å². The van der Waals surface area contributed by atoms with E-state index >= 15 is 0 Å². The number of nitrogens with zero attached hydrogens (tertiary/aromatic N) is 3. The summed E-state index contributed by atoms with van der Waals surface area (Å²) in [4.78, 5) is 13.5. The smallest absolute Gasteiger partial charge is 0.232 e. The zero-order valence-electron chi connectivity index (χ0n) is 13.3. The molecule has 0 saturated carbocycles. The van der Waals surface area contributed by atoms with E-state index in [0.717, 1.165) is 39.1 Å². The molecule has 2 saturated heterocycles. The number of thiophene rings is 1. The van der Waals surface area contributed by atoms with Crippen molar-refractivity contribution in [3.8, 4) is 5.88 Å². The van der Waals surface area contributed by atoms with Gasteiger partial charge in [-0.05, 0) is 19.1 Å². The minimum Gasteiger partial charge on any atom is -0.473 e. The van der Waals surface area contributed by atoms with Crippen molar-refractivity contribution in [2.24, 2.45) is 0 Å². The van der Waals surface area contributed by atoms with Crippen molar-refractivity contribution < 1.29 is 9.47 Å². The summed E-state index contributed by atoms with van der Waals surface area (Å²) in [6.45, 7) is 5.93. The molecule has 2 fully saturated rings. The molecule has 23 heavy (non-hydrogen) atoms. The van der Waals surface area contributed by atoms with Crippen LogP contribution in [0.1, 0.15) is 22.6 Å². The summed E-state index contributed by atoms with van der Waals surface area (Å²) in [7, 11) is 0. The van der Waals surface area contributed by atoms with E-state index in [2.05, 4.69) is 33.9 Å². The van der Waals surface area contributed by atoms with Crippen LogP contribution in [0, 0.1) is 6.92 Å². The fourth-order valence-electron chi connectivity index (χ4n) is 3.49. The molecule has 2 aliphatic rings. The van der Waals surface area contributed by atoms with Gasteiger partial charge in [-0.2, -0.15) is 0 Å². The third-order valence-electron chi connectivity index (χ3n) is 4.47. The lowest BCUT2D eigenvalue weighted by atomic mass is 9.84. The fourth-order valence-corrected chi connectivity index (χ4v) is 4.42. The van der Waals surface area contributed by atoms with Crippen LogP contribution < -0.4 is 4.74 Å². The maximum Gasteiger partial charge on any atom is 0.232 e. The first-order valence-electron chi connectivity index (χ1n) is 8.05. The Morgan fingerprint density at radius 2 is 2.30 bits per heavy atom. The molecule has 1 spiro atoms. The molecule has 5 nitrogen and oxygen atoms in total. The Kier molecular flexibility index (Phi) is 4.05. The molecule has 2 aromatic heterocycles. The van der Waals surface area contributed by atoms with Gasteiger partial charge in [0.15, 0.2) is 0 Å². The molecule has 0 N–H and O–H groups in total. The van der Waals surface area contributed by atoms with Gasteiger partial charge in [-0.15, -0.1) is 11.3 Å². The first-order chi connectivity index (χ1) is 11.2. The molecule has 0 amide bonds. The zero-order chi connectivity index (χ0) is 15.7. The van der Waals surface area contributed by atoms with Crippen LogP contribution in [0.4, 0.5) is 0 Å². The Labute approximate surface area is 140 Å². The molecule has 2 aromatic rings. The molecule has 4 heterocycles. The lowest BCUT2D eigenvalue weighted by Crippen LogP contribution is -2.65. The second-order valence-corrected chi connectivity index (χ2v) is 7.84. The van der Waals surface area contributed by atoms with Crippen molar-refractivity contribution in [3.05, 3.63) is 40.5 Å². The minimum absolute atomic E-state index is 0.0303. The van der Waals surface area contributed by atoms with E-state index in [1.54, 1.807) is 18.6 Å². The highest BCUT2D eigenvalue weighted by atomic mass is 32.1. The molecule has 0 radical (unpaired) electrons. The SMILES string of the molecule is Cc1ccc(CN2CC3(C[C@@H](Oc4cnccn4)CCO3)C2)s1. The number of likely N-dealkylation sites (tertiary alicyclic amines) is 1. The van der Waals surface area contributed by atoms with Crippen LogP contribution in [-0.4, -0.2) is 46.3 Å². The molecule has 0 aromatic carbocycles. The highest BCUT2D eigenvalue weighted by Crippen LogP contribution is 2.36. The van der Waals surface area contributed by atoms with Crippen molar-refractivity contribution in [2.45, 2.75) is 38.0 Å². The number of hydrogen-bond donors (Lipinski definition) is 0. The summed E-state index contributed by atoms with van der Waals surface area (Å²) in [5, 5.41) is 0. The van der Waals surface area contributed by atoms with Crippen molar-refractivity contribution in [1.29, 1.82) is 0 Å². The van der Waals surface area contributed by atoms with E-state index in [0.29, 0.717) is 5.88 Å². The molecule has 0 aliphatic carbocycles. The van der Waals surface area contributed by atoms with Gasteiger partial charge in [0.05, 0.1) is 18.4 Å². The average molecular weight is 331 g/mol. The summed E-state index contributed by atoms with van der Waals surface area (Å²) in [5.41, 5.74) is -0.0303. The Balaban J connectivity index is 1.32. The average Bonchev–Trinajstić information content (AvgIpc) is 2.92. The van der Waals surface area contributed by atoms with E-state index in [9.17, 15) is 0 Å². The quantitative estimate of drug-likeness (QED) is 0.862. The van der Waals surface area contributed by atoms with Crippen LogP contribution in [0.2, 0.25) is 0 Å². The van der Waals surface area contributed by atoms with Crippen molar-refractivity contribution in [2.75, 3.05) is 19.7 Å². The standard InChI is InChI=1S/C17H21N3O2S/c1-13-2-3-15(23-13)10-20-11-17(12-20)8-14(4-7-21-17)22-16-9-18-5-6-19-16/h2-3,5-6,9,14H,4,7-8,10-12H2,1H3/t14-/m0/s1. The Morgan fingerprint density at radius 1 is 1.39 bits per heavy atom. The van der Waals surface area contributed by atoms with Crippen LogP contribution in [-0.2, 0) is 11.3 Å². The number of aromatic nitrogens is 2. The number of rotatable bonds is 4. The maximum atomic E-state index is 6.09. The first kappa shape index (κ1) is 15.1. The van der Waals surface area contributed by atoms with Gasteiger partial charge in [0.1, 0.15) is 6.10 Å². The Hall–Kier alpha value is -1.50. The van der Waals surface area contributed by atoms with Gasteiger partial charge >= 0.3 is 0 Å². The summed E-state index contributed by atoms with van der Waals surface area (Å²) in [6, 6.07) is 4.42. The van der Waals surface area contributed by atoms with Gasteiger partial charge < -0.3 is 9.47 Å². The summed E-state index contributed by atoms with van der Waals surface area (Å²) in [6.07, 6.45) is 7.03. The third kappa shape index (κ3) is 3.39. The Morgan fingerprint density at radius 3 is 3.04 bits per heavy atom. The molecular formula is C17H21N3O2S. The highest BCUT2D eigenvalue weighted by molar-refractivity contribution is 7.11. The monoisotopic (exact) mass is 331 g/mol. The lowest BCUT2D eigenvalue weighted by molar-refractivity contribution is -0.188. The third-order valence-corrected chi connectivity index (χ3v) is 5.46. The molecule has 122 valence electrons. The highest BCUT2D eigenvalue weighted by Gasteiger charge is 2.48. The van der Waals surface area contributed by atoms with Gasteiger partial charge in [0.2, 0.25) is 5.88 Å². The van der Waals surface area contributed by atoms with Gasteiger partial charge in [-0.3, -0.25) is 9.88 Å². The predicted molar refractivity (Wildman–Crippen MR) is 88.7 cm³/mol. The summed E-state index contributed by atoms with van der Waals surface area (Å²) < 4.78 is 12.1. The maximum absolute atomic E-state index is 6.09. The van der Waals surface area contributed by atoms with Crippen LogP contribution in [0.3, 0.4) is 0 Å². The minimum atomic E-state index is -0.0303.